The lowest BCUT2D eigenvalue weighted by Gasteiger charge is -2.34. The molecule has 0 heterocycles. The Kier molecular flexibility index (Phi) is 5.53. The third-order valence-corrected chi connectivity index (χ3v) is 4.27. The summed E-state index contributed by atoms with van der Waals surface area (Å²) in [6.07, 6.45) is 4.20. The van der Waals surface area contributed by atoms with Gasteiger partial charge in [-0.05, 0) is 56.0 Å². The number of nitrogens with one attached hydrogen (secondary N) is 1. The van der Waals surface area contributed by atoms with Gasteiger partial charge in [0.05, 0.1) is 0 Å². The van der Waals surface area contributed by atoms with Gasteiger partial charge in [0, 0.05) is 30.3 Å². The van der Waals surface area contributed by atoms with Crippen LogP contribution in [0.4, 0.5) is 5.69 Å². The van der Waals surface area contributed by atoms with Gasteiger partial charge < -0.3 is 10.2 Å². The molecule has 1 aromatic carbocycles. The molecule has 2 rings (SSSR count). The van der Waals surface area contributed by atoms with E-state index in [0.29, 0.717) is 0 Å². The molecular weight excluding hydrogens is 256 g/mol. The first kappa shape index (κ1) is 14.7. The van der Waals surface area contributed by atoms with E-state index >= 15 is 0 Å². The maximum Gasteiger partial charge on any atom is 0.0412 e. The van der Waals surface area contributed by atoms with Gasteiger partial charge in [-0.1, -0.05) is 24.9 Å². The summed E-state index contributed by atoms with van der Waals surface area (Å²) in [7, 11) is 0. The molecule has 1 aromatic rings. The van der Waals surface area contributed by atoms with Crippen LogP contribution in [0.5, 0.6) is 0 Å². The van der Waals surface area contributed by atoms with Crippen LogP contribution in [-0.4, -0.2) is 19.6 Å². The van der Waals surface area contributed by atoms with Crippen molar-refractivity contribution in [2.45, 2.75) is 39.7 Å². The number of benzene rings is 1. The molecule has 1 aliphatic rings. The maximum atomic E-state index is 6.14. The molecule has 1 aliphatic carbocycles. The third-order valence-electron chi connectivity index (χ3n) is 4.03. The molecule has 19 heavy (non-hydrogen) atoms. The van der Waals surface area contributed by atoms with Crippen LogP contribution in [-0.2, 0) is 6.54 Å². The van der Waals surface area contributed by atoms with Crippen molar-refractivity contribution >= 4 is 17.3 Å². The van der Waals surface area contributed by atoms with E-state index in [-0.39, 0.29) is 0 Å². The van der Waals surface area contributed by atoms with Crippen LogP contribution in [0.15, 0.2) is 18.2 Å². The summed E-state index contributed by atoms with van der Waals surface area (Å²) < 4.78 is 0. The number of hydrogen-bond donors (Lipinski definition) is 1. The zero-order chi connectivity index (χ0) is 13.7. The summed E-state index contributed by atoms with van der Waals surface area (Å²) in [6.45, 7) is 8.52. The Hall–Kier alpha value is -0.730. The molecule has 3 heteroatoms. The number of hydrogen-bond acceptors (Lipinski definition) is 2. The highest BCUT2D eigenvalue weighted by Crippen LogP contribution is 2.31. The molecule has 0 aromatic heterocycles. The monoisotopic (exact) mass is 280 g/mol. The SMILES string of the molecule is CCNCc1cc(Cl)ccc1N(CC)CC1CCC1. The Morgan fingerprint density at radius 1 is 1.32 bits per heavy atom. The minimum absolute atomic E-state index is 0.830. The van der Waals surface area contributed by atoms with Gasteiger partial charge in [0.1, 0.15) is 0 Å². The molecule has 106 valence electrons. The third kappa shape index (κ3) is 3.87. The maximum absolute atomic E-state index is 6.14. The van der Waals surface area contributed by atoms with Crippen LogP contribution in [0.1, 0.15) is 38.7 Å². The quantitative estimate of drug-likeness (QED) is 0.810. The predicted molar refractivity (Wildman–Crippen MR) is 84.1 cm³/mol. The molecule has 0 radical (unpaired) electrons. The first-order valence-corrected chi connectivity index (χ1v) is 7.86. The topological polar surface area (TPSA) is 15.3 Å². The van der Waals surface area contributed by atoms with Crippen LogP contribution in [0.3, 0.4) is 0 Å². The molecule has 1 fully saturated rings. The van der Waals surface area contributed by atoms with E-state index in [9.17, 15) is 0 Å². The number of halogens is 1. The smallest absolute Gasteiger partial charge is 0.0412 e. The molecule has 0 unspecified atom stereocenters. The van der Waals surface area contributed by atoms with Crippen LogP contribution in [0, 0.1) is 5.92 Å². The lowest BCUT2D eigenvalue weighted by atomic mass is 9.85. The molecule has 0 spiro atoms. The molecule has 0 atom stereocenters. The Balaban J connectivity index is 2.14. The second-order valence-corrected chi connectivity index (χ2v) is 5.83. The second kappa shape index (κ2) is 7.16. The Morgan fingerprint density at radius 2 is 2.11 bits per heavy atom. The lowest BCUT2D eigenvalue weighted by Crippen LogP contribution is -2.33. The minimum Gasteiger partial charge on any atom is -0.371 e. The molecule has 1 saturated carbocycles. The largest absolute Gasteiger partial charge is 0.371 e. The number of nitrogens with zero attached hydrogens (tertiary/aromatic N) is 1. The van der Waals surface area contributed by atoms with E-state index in [4.69, 9.17) is 11.6 Å². The standard InChI is InChI=1S/C16H25ClN2/c1-3-18-11-14-10-15(17)8-9-16(14)19(4-2)12-13-6-5-7-13/h8-10,13,18H,3-7,11-12H2,1-2H3. The average Bonchev–Trinajstić information content (AvgIpc) is 2.36. The van der Waals surface area contributed by atoms with Gasteiger partial charge in [-0.25, -0.2) is 0 Å². The van der Waals surface area contributed by atoms with Crippen molar-refractivity contribution in [3.05, 3.63) is 28.8 Å². The van der Waals surface area contributed by atoms with Crippen molar-refractivity contribution in [3.8, 4) is 0 Å². The number of rotatable bonds is 7. The summed E-state index contributed by atoms with van der Waals surface area (Å²) in [6, 6.07) is 6.29. The van der Waals surface area contributed by atoms with Crippen LogP contribution in [0.25, 0.3) is 0 Å². The molecule has 0 amide bonds. The van der Waals surface area contributed by atoms with E-state index < -0.39 is 0 Å². The minimum atomic E-state index is 0.830. The molecule has 0 bridgehead atoms. The summed E-state index contributed by atoms with van der Waals surface area (Å²) in [5.41, 5.74) is 2.66. The van der Waals surface area contributed by atoms with E-state index in [1.54, 1.807) is 0 Å². The van der Waals surface area contributed by atoms with Gasteiger partial charge >= 0.3 is 0 Å². The van der Waals surface area contributed by atoms with Crippen LogP contribution in [0.2, 0.25) is 5.02 Å². The molecule has 0 aliphatic heterocycles. The Morgan fingerprint density at radius 3 is 2.68 bits per heavy atom. The molecule has 0 saturated heterocycles. The highest BCUT2D eigenvalue weighted by Gasteiger charge is 2.21. The lowest BCUT2D eigenvalue weighted by molar-refractivity contribution is 0.318. The summed E-state index contributed by atoms with van der Waals surface area (Å²) in [5, 5.41) is 4.24. The Bertz CT molecular complexity index is 402. The Labute approximate surface area is 122 Å². The van der Waals surface area contributed by atoms with Gasteiger partial charge in [0.2, 0.25) is 0 Å². The van der Waals surface area contributed by atoms with Gasteiger partial charge in [-0.2, -0.15) is 0 Å². The van der Waals surface area contributed by atoms with E-state index in [0.717, 1.165) is 30.6 Å². The highest BCUT2D eigenvalue weighted by molar-refractivity contribution is 6.30. The second-order valence-electron chi connectivity index (χ2n) is 5.39. The molecular formula is C16H25ClN2. The van der Waals surface area contributed by atoms with Crippen molar-refractivity contribution in [1.29, 1.82) is 0 Å². The summed E-state index contributed by atoms with van der Waals surface area (Å²) in [4.78, 5) is 2.51. The van der Waals surface area contributed by atoms with Gasteiger partial charge in [-0.3, -0.25) is 0 Å². The normalized spacial score (nSPS) is 15.3. The zero-order valence-corrected chi connectivity index (χ0v) is 12.8. The first-order valence-electron chi connectivity index (χ1n) is 7.48. The van der Waals surface area contributed by atoms with E-state index in [1.165, 1.54) is 37.1 Å². The van der Waals surface area contributed by atoms with Crippen molar-refractivity contribution in [3.63, 3.8) is 0 Å². The summed E-state index contributed by atoms with van der Waals surface area (Å²) >= 11 is 6.14. The van der Waals surface area contributed by atoms with Gasteiger partial charge in [0.15, 0.2) is 0 Å². The highest BCUT2D eigenvalue weighted by atomic mass is 35.5. The fourth-order valence-electron chi connectivity index (χ4n) is 2.65. The summed E-state index contributed by atoms with van der Waals surface area (Å²) in [5.74, 6) is 0.891. The van der Waals surface area contributed by atoms with Crippen molar-refractivity contribution in [2.24, 2.45) is 5.92 Å². The van der Waals surface area contributed by atoms with Crippen molar-refractivity contribution < 1.29 is 0 Å². The fourth-order valence-corrected chi connectivity index (χ4v) is 2.84. The van der Waals surface area contributed by atoms with Gasteiger partial charge in [-0.15, -0.1) is 0 Å². The zero-order valence-electron chi connectivity index (χ0n) is 12.1. The van der Waals surface area contributed by atoms with E-state index in [1.807, 2.05) is 6.07 Å². The first-order chi connectivity index (χ1) is 9.24. The molecule has 2 nitrogen and oxygen atoms in total. The fraction of sp³-hybridized carbons (Fsp3) is 0.625. The van der Waals surface area contributed by atoms with Crippen molar-refractivity contribution in [2.75, 3.05) is 24.5 Å². The number of anilines is 1. The van der Waals surface area contributed by atoms with E-state index in [2.05, 4.69) is 36.2 Å². The van der Waals surface area contributed by atoms with Crippen LogP contribution < -0.4 is 10.2 Å². The van der Waals surface area contributed by atoms with Crippen LogP contribution >= 0.6 is 11.6 Å². The van der Waals surface area contributed by atoms with Gasteiger partial charge in [0.25, 0.3) is 0 Å². The average molecular weight is 281 g/mol. The molecule has 1 N–H and O–H groups in total. The predicted octanol–water partition coefficient (Wildman–Crippen LogP) is 4.08. The van der Waals surface area contributed by atoms with Crippen molar-refractivity contribution in [1.82, 2.24) is 5.32 Å².